The molecule has 25 heteroatoms. The molecule has 0 aromatic heterocycles. The molecule has 0 atom stereocenters. The minimum atomic E-state index is -1.17. The largest absolute Gasteiger partial charge is 0.479 e. The van der Waals surface area contributed by atoms with Gasteiger partial charge in [-0.1, -0.05) is 0 Å². The number of nitrogens with one attached hydrogen (secondary N) is 5. The maximum absolute atomic E-state index is 12.3. The van der Waals surface area contributed by atoms with Crippen LogP contribution in [-0.4, -0.2) is 165 Å². The third-order valence-electron chi connectivity index (χ3n) is 6.13. The van der Waals surface area contributed by atoms with Gasteiger partial charge in [0, 0.05) is 45.8 Å². The SMILES string of the molecule is CC(C)(C)OC(=O)NOCC(=O)O.CCOC(=O)NCCN(CCCN)C(=O)OC(C)(C)C.COC(=O)NCCN(CCCNC(=O)CONC(=O)OC(C)(C)C)C(=O)OC(C)(C)C. The van der Waals surface area contributed by atoms with Gasteiger partial charge in [0.05, 0.1) is 13.7 Å². The zero-order chi connectivity index (χ0) is 50.2. The number of ether oxygens (including phenoxy) is 6. The Balaban J connectivity index is -0.000000961. The lowest BCUT2D eigenvalue weighted by molar-refractivity contribution is -0.144. The predicted molar refractivity (Wildman–Crippen MR) is 231 cm³/mol. The molecule has 8 N–H and O–H groups in total. The Morgan fingerprint density at radius 3 is 1.31 bits per heavy atom. The quantitative estimate of drug-likeness (QED) is 0.0523. The van der Waals surface area contributed by atoms with Gasteiger partial charge in [-0.3, -0.25) is 14.5 Å². The maximum Gasteiger partial charge on any atom is 0.431 e. The Bertz CT molecular complexity index is 1410. The van der Waals surface area contributed by atoms with Gasteiger partial charge in [-0.25, -0.2) is 33.6 Å². The molecule has 0 radical (unpaired) electrons. The molecule has 0 aromatic rings. The molecule has 0 saturated carbocycles. The Morgan fingerprint density at radius 1 is 0.531 bits per heavy atom. The van der Waals surface area contributed by atoms with E-state index < -0.39 is 84.1 Å². The summed E-state index contributed by atoms with van der Waals surface area (Å²) in [4.78, 5) is 103. The van der Waals surface area contributed by atoms with Gasteiger partial charge in [-0.05, 0) is 109 Å². The van der Waals surface area contributed by atoms with Crippen LogP contribution in [0.4, 0.5) is 28.8 Å². The highest BCUT2D eigenvalue weighted by Gasteiger charge is 2.24. The summed E-state index contributed by atoms with van der Waals surface area (Å²) in [6.07, 6.45) is -2.53. The van der Waals surface area contributed by atoms with Crippen LogP contribution in [0.3, 0.4) is 0 Å². The van der Waals surface area contributed by atoms with Crippen LogP contribution in [0.1, 0.15) is 103 Å². The Kier molecular flexibility index (Phi) is 32.4. The fourth-order valence-electron chi connectivity index (χ4n) is 3.83. The molecule has 0 saturated heterocycles. The smallest absolute Gasteiger partial charge is 0.431 e. The van der Waals surface area contributed by atoms with Crippen molar-refractivity contribution in [3.63, 3.8) is 0 Å². The Hall–Kier alpha value is -5.56. The first-order chi connectivity index (χ1) is 29.3. The summed E-state index contributed by atoms with van der Waals surface area (Å²) < 4.78 is 29.6. The second kappa shape index (κ2) is 33.0. The third kappa shape index (κ3) is 44.5. The normalized spacial score (nSPS) is 11.0. The zero-order valence-electron chi connectivity index (χ0n) is 40.1. The molecule has 0 rings (SSSR count). The first kappa shape index (κ1) is 62.7. The number of rotatable bonds is 20. The summed E-state index contributed by atoms with van der Waals surface area (Å²) in [5, 5.41) is 15.8. The second-order valence-corrected chi connectivity index (χ2v) is 17.0. The molecule has 25 nitrogen and oxygen atoms in total. The molecule has 0 aliphatic heterocycles. The highest BCUT2D eigenvalue weighted by atomic mass is 16.7. The number of carbonyl (C=O) groups is 8. The van der Waals surface area contributed by atoms with Crippen molar-refractivity contribution in [2.24, 2.45) is 5.73 Å². The van der Waals surface area contributed by atoms with Crippen LogP contribution in [0, 0.1) is 0 Å². The van der Waals surface area contributed by atoms with Gasteiger partial charge < -0.3 is 65.0 Å². The summed E-state index contributed by atoms with van der Waals surface area (Å²) in [5.74, 6) is -1.62. The Labute approximate surface area is 376 Å². The topological polar surface area (TPSA) is 323 Å². The van der Waals surface area contributed by atoms with Crippen LogP contribution in [-0.2, 0) is 47.7 Å². The number of amides is 7. The number of carboxylic acid groups (broad SMARTS) is 1. The number of aliphatic carboxylic acids is 1. The van der Waals surface area contributed by atoms with Crippen molar-refractivity contribution in [3.8, 4) is 0 Å². The van der Waals surface area contributed by atoms with E-state index >= 15 is 0 Å². The number of carboxylic acids is 1. The number of methoxy groups -OCH3 is 1. The van der Waals surface area contributed by atoms with Crippen molar-refractivity contribution >= 4 is 48.4 Å². The average molecular weight is 929 g/mol. The lowest BCUT2D eigenvalue weighted by Crippen LogP contribution is -2.42. The molecule has 0 aliphatic rings. The van der Waals surface area contributed by atoms with Gasteiger partial charge in [0.25, 0.3) is 0 Å². The summed E-state index contributed by atoms with van der Waals surface area (Å²) in [6, 6.07) is 0. The maximum atomic E-state index is 12.3. The van der Waals surface area contributed by atoms with Gasteiger partial charge >= 0.3 is 42.5 Å². The van der Waals surface area contributed by atoms with Crippen LogP contribution in [0.5, 0.6) is 0 Å². The van der Waals surface area contributed by atoms with E-state index in [1.807, 2.05) is 31.7 Å². The van der Waals surface area contributed by atoms with E-state index in [0.29, 0.717) is 45.6 Å². The molecule has 0 spiro atoms. The fraction of sp³-hybridized carbons (Fsp3) is 0.795. The van der Waals surface area contributed by atoms with Gasteiger partial charge in [0.1, 0.15) is 22.4 Å². The number of hydrogen-bond acceptors (Lipinski definition) is 17. The van der Waals surface area contributed by atoms with Crippen molar-refractivity contribution in [2.75, 3.05) is 79.3 Å². The molecule has 0 aromatic carbocycles. The van der Waals surface area contributed by atoms with Crippen molar-refractivity contribution in [2.45, 2.75) is 125 Å². The number of hydroxylamine groups is 2. The minimum Gasteiger partial charge on any atom is -0.479 e. The van der Waals surface area contributed by atoms with Crippen LogP contribution < -0.4 is 32.6 Å². The van der Waals surface area contributed by atoms with E-state index in [1.54, 1.807) is 69.2 Å². The fourth-order valence-corrected chi connectivity index (χ4v) is 3.83. The molecular weight excluding hydrogens is 852 g/mol. The third-order valence-corrected chi connectivity index (χ3v) is 6.13. The molecular formula is C39H76N8O17. The lowest BCUT2D eigenvalue weighted by atomic mass is 10.2. The van der Waals surface area contributed by atoms with Gasteiger partial charge in [0.15, 0.2) is 13.2 Å². The number of nitrogens with two attached hydrogens (primary N) is 1. The molecule has 0 bridgehead atoms. The van der Waals surface area contributed by atoms with Crippen molar-refractivity contribution in [1.29, 1.82) is 0 Å². The molecule has 374 valence electrons. The number of alkyl carbamates (subject to hydrolysis) is 2. The summed E-state index contributed by atoms with van der Waals surface area (Å²) in [7, 11) is 1.25. The highest BCUT2D eigenvalue weighted by molar-refractivity contribution is 5.77. The molecule has 0 heterocycles. The predicted octanol–water partition coefficient (Wildman–Crippen LogP) is 3.39. The number of nitrogens with zero attached hydrogens (tertiary/aromatic N) is 2. The van der Waals surface area contributed by atoms with E-state index in [9.17, 15) is 38.4 Å². The van der Waals surface area contributed by atoms with E-state index in [-0.39, 0.29) is 26.2 Å². The average Bonchev–Trinajstić information content (AvgIpc) is 3.11. The van der Waals surface area contributed by atoms with Crippen LogP contribution in [0.2, 0.25) is 0 Å². The second-order valence-electron chi connectivity index (χ2n) is 17.0. The molecule has 0 aliphatic carbocycles. The minimum absolute atomic E-state index is 0.183. The van der Waals surface area contributed by atoms with Gasteiger partial charge in [0.2, 0.25) is 5.91 Å². The van der Waals surface area contributed by atoms with Crippen LogP contribution in [0.15, 0.2) is 0 Å². The molecule has 0 unspecified atom stereocenters. The summed E-state index contributed by atoms with van der Waals surface area (Å²) >= 11 is 0. The summed E-state index contributed by atoms with van der Waals surface area (Å²) in [6.45, 7) is 24.5. The number of carbonyl (C=O) groups excluding carboxylic acids is 7. The zero-order valence-corrected chi connectivity index (χ0v) is 40.1. The van der Waals surface area contributed by atoms with E-state index in [2.05, 4.69) is 25.5 Å². The monoisotopic (exact) mass is 929 g/mol. The highest BCUT2D eigenvalue weighted by Crippen LogP contribution is 2.12. The van der Waals surface area contributed by atoms with Gasteiger partial charge in [-0.2, -0.15) is 11.0 Å². The summed E-state index contributed by atoms with van der Waals surface area (Å²) in [5.41, 5.74) is 6.77. The first-order valence-corrected chi connectivity index (χ1v) is 20.4. The van der Waals surface area contributed by atoms with Gasteiger partial charge in [-0.15, -0.1) is 0 Å². The van der Waals surface area contributed by atoms with Crippen molar-refractivity contribution in [1.82, 2.24) is 36.7 Å². The molecule has 0 fully saturated rings. The van der Waals surface area contributed by atoms with Crippen LogP contribution in [0.25, 0.3) is 0 Å². The molecule has 64 heavy (non-hydrogen) atoms. The molecule has 7 amide bonds. The van der Waals surface area contributed by atoms with Crippen LogP contribution >= 0.6 is 0 Å². The first-order valence-electron chi connectivity index (χ1n) is 20.4. The number of hydrogen-bond donors (Lipinski definition) is 7. The van der Waals surface area contributed by atoms with E-state index in [1.165, 1.54) is 16.9 Å². The van der Waals surface area contributed by atoms with E-state index in [4.69, 9.17) is 39.4 Å². The lowest BCUT2D eigenvalue weighted by Gasteiger charge is -2.27. The standard InChI is InChI=1S/C19H36N4O8.C13H27N3O4.C7H13NO5/c1-18(2,3)30-16(26)22-29-13-14(24)20-9-8-11-23(12-10-21-15(25)28-7)17(27)31-19(4,5)6;1-5-19-11(17)15-8-10-16(9-6-7-14)12(18)20-13(2,3)4;1-7(2,3)13-6(11)8-12-4-5(9)10/h8-13H2,1-7H3,(H,20,24)(H,21,25)(H,22,26);5-10,14H2,1-4H3,(H,15,17);4H2,1-3H3,(H,8,11)(H,9,10). The van der Waals surface area contributed by atoms with Crippen molar-refractivity contribution < 1.29 is 81.6 Å². The van der Waals surface area contributed by atoms with Crippen molar-refractivity contribution in [3.05, 3.63) is 0 Å². The Morgan fingerprint density at radius 2 is 0.938 bits per heavy atom. The van der Waals surface area contributed by atoms with E-state index in [0.717, 1.165) is 0 Å².